The van der Waals surface area contributed by atoms with Gasteiger partial charge in [-0.15, -0.1) is 0 Å². The molecule has 2 nitrogen and oxygen atoms in total. The van der Waals surface area contributed by atoms with Crippen LogP contribution in [0.3, 0.4) is 0 Å². The van der Waals surface area contributed by atoms with Gasteiger partial charge in [0.25, 0.3) is 0 Å². The quantitative estimate of drug-likeness (QED) is 0.837. The molecule has 2 rings (SSSR count). The van der Waals surface area contributed by atoms with Crippen molar-refractivity contribution in [1.29, 1.82) is 0 Å². The first-order chi connectivity index (χ1) is 9.31. The van der Waals surface area contributed by atoms with Crippen LogP contribution < -0.4 is 10.1 Å². The number of ether oxygens (including phenoxy) is 1. The molecule has 0 amide bonds. The molecule has 1 N–H and O–H groups in total. The van der Waals surface area contributed by atoms with E-state index in [9.17, 15) is 0 Å². The van der Waals surface area contributed by atoms with E-state index in [0.717, 1.165) is 24.5 Å². The molecule has 0 aromatic heterocycles. The fourth-order valence-corrected chi connectivity index (χ4v) is 2.03. The molecule has 0 heterocycles. The summed E-state index contributed by atoms with van der Waals surface area (Å²) in [6, 6.07) is 16.5. The fraction of sp³-hybridized carbons (Fsp3) is 0.294. The van der Waals surface area contributed by atoms with Crippen LogP contribution in [-0.4, -0.2) is 7.05 Å². The lowest BCUT2D eigenvalue weighted by molar-refractivity contribution is 0.482. The molecular weight excluding hydrogens is 234 g/mol. The van der Waals surface area contributed by atoms with Crippen LogP contribution in [0, 0.1) is 0 Å². The Kier molecular flexibility index (Phi) is 4.99. The third-order valence-corrected chi connectivity index (χ3v) is 3.00. The van der Waals surface area contributed by atoms with E-state index in [1.54, 1.807) is 0 Å². The van der Waals surface area contributed by atoms with E-state index in [0.29, 0.717) is 0 Å². The minimum Gasteiger partial charge on any atom is -0.457 e. The summed E-state index contributed by atoms with van der Waals surface area (Å²) in [5.41, 5.74) is 2.62. The summed E-state index contributed by atoms with van der Waals surface area (Å²) in [6.45, 7) is 3.07. The molecule has 0 saturated heterocycles. The molecule has 0 saturated carbocycles. The summed E-state index contributed by atoms with van der Waals surface area (Å²) in [4.78, 5) is 0. The van der Waals surface area contributed by atoms with Crippen molar-refractivity contribution in [3.05, 3.63) is 59.7 Å². The summed E-state index contributed by atoms with van der Waals surface area (Å²) in [7, 11) is 1.95. The number of hydrogen-bond acceptors (Lipinski definition) is 2. The van der Waals surface area contributed by atoms with Crippen molar-refractivity contribution in [3.63, 3.8) is 0 Å². The molecule has 2 heteroatoms. The molecule has 0 bridgehead atoms. The van der Waals surface area contributed by atoms with Gasteiger partial charge in [0.1, 0.15) is 11.5 Å². The van der Waals surface area contributed by atoms with Gasteiger partial charge in [-0.1, -0.05) is 37.6 Å². The topological polar surface area (TPSA) is 21.3 Å². The highest BCUT2D eigenvalue weighted by molar-refractivity contribution is 5.34. The number of benzene rings is 2. The minimum absolute atomic E-state index is 0.878. The van der Waals surface area contributed by atoms with Gasteiger partial charge in [0.2, 0.25) is 0 Å². The average molecular weight is 255 g/mol. The van der Waals surface area contributed by atoms with Crippen LogP contribution in [0.25, 0.3) is 0 Å². The van der Waals surface area contributed by atoms with Gasteiger partial charge in [0.15, 0.2) is 0 Å². The highest BCUT2D eigenvalue weighted by Gasteiger charge is 1.98. The van der Waals surface area contributed by atoms with E-state index in [1.807, 2.05) is 31.3 Å². The van der Waals surface area contributed by atoms with E-state index in [-0.39, 0.29) is 0 Å². The third kappa shape index (κ3) is 4.11. The van der Waals surface area contributed by atoms with E-state index in [1.165, 1.54) is 17.5 Å². The number of aryl methyl sites for hydroxylation is 1. The predicted octanol–water partition coefficient (Wildman–Crippen LogP) is 4.15. The van der Waals surface area contributed by atoms with Gasteiger partial charge in [0.05, 0.1) is 0 Å². The van der Waals surface area contributed by atoms with E-state index < -0.39 is 0 Å². The molecule has 0 radical (unpaired) electrons. The molecule has 2 aromatic rings. The predicted molar refractivity (Wildman–Crippen MR) is 79.7 cm³/mol. The van der Waals surface area contributed by atoms with Crippen molar-refractivity contribution in [3.8, 4) is 11.5 Å². The Balaban J connectivity index is 1.99. The maximum Gasteiger partial charge on any atom is 0.127 e. The molecule has 0 aliphatic carbocycles. The first-order valence-electron chi connectivity index (χ1n) is 6.82. The Bertz CT molecular complexity index is 440. The summed E-state index contributed by atoms with van der Waals surface area (Å²) in [5.74, 6) is 1.77. The zero-order valence-corrected chi connectivity index (χ0v) is 11.6. The summed E-state index contributed by atoms with van der Waals surface area (Å²) < 4.78 is 5.82. The average Bonchev–Trinajstić information content (AvgIpc) is 2.44. The smallest absolute Gasteiger partial charge is 0.127 e. The van der Waals surface area contributed by atoms with E-state index in [4.69, 9.17) is 4.74 Å². The van der Waals surface area contributed by atoms with Crippen LogP contribution >= 0.6 is 0 Å². The van der Waals surface area contributed by atoms with Crippen LogP contribution in [0.4, 0.5) is 0 Å². The van der Waals surface area contributed by atoms with Gasteiger partial charge in [-0.25, -0.2) is 0 Å². The van der Waals surface area contributed by atoms with Gasteiger partial charge in [-0.3, -0.25) is 0 Å². The maximum absolute atomic E-state index is 5.82. The number of hydrogen-bond donors (Lipinski definition) is 1. The zero-order valence-electron chi connectivity index (χ0n) is 11.6. The minimum atomic E-state index is 0.878. The van der Waals surface area contributed by atoms with E-state index >= 15 is 0 Å². The molecule has 0 aliphatic heterocycles. The maximum atomic E-state index is 5.82. The molecule has 19 heavy (non-hydrogen) atoms. The first kappa shape index (κ1) is 13.6. The molecule has 0 unspecified atom stereocenters. The van der Waals surface area contributed by atoms with Gasteiger partial charge in [-0.2, -0.15) is 0 Å². The second kappa shape index (κ2) is 6.95. The largest absolute Gasteiger partial charge is 0.457 e. The van der Waals surface area contributed by atoms with Crippen molar-refractivity contribution < 1.29 is 4.74 Å². The van der Waals surface area contributed by atoms with Crippen molar-refractivity contribution in [2.75, 3.05) is 7.05 Å². The molecule has 2 aromatic carbocycles. The SMILES string of the molecule is CCCc1ccc(Oc2ccc(CNC)cc2)cc1. The zero-order chi connectivity index (χ0) is 13.5. The van der Waals surface area contributed by atoms with Crippen molar-refractivity contribution in [2.24, 2.45) is 0 Å². The van der Waals surface area contributed by atoms with E-state index in [2.05, 4.69) is 36.5 Å². The summed E-state index contributed by atoms with van der Waals surface area (Å²) in [5, 5.41) is 3.13. The monoisotopic (exact) mass is 255 g/mol. The first-order valence-corrected chi connectivity index (χ1v) is 6.82. The molecule has 0 spiro atoms. The molecular formula is C17H21NO. The lowest BCUT2D eigenvalue weighted by Gasteiger charge is -2.07. The lowest BCUT2D eigenvalue weighted by atomic mass is 10.1. The van der Waals surface area contributed by atoms with Crippen LogP contribution in [0.2, 0.25) is 0 Å². The van der Waals surface area contributed by atoms with Gasteiger partial charge >= 0.3 is 0 Å². The van der Waals surface area contributed by atoms with Gasteiger partial charge in [-0.05, 0) is 48.9 Å². The van der Waals surface area contributed by atoms with Crippen molar-refractivity contribution in [1.82, 2.24) is 5.32 Å². The van der Waals surface area contributed by atoms with Crippen LogP contribution in [0.5, 0.6) is 11.5 Å². The lowest BCUT2D eigenvalue weighted by Crippen LogP contribution is -2.04. The third-order valence-electron chi connectivity index (χ3n) is 3.00. The Morgan fingerprint density at radius 2 is 1.37 bits per heavy atom. The second-order valence-corrected chi connectivity index (χ2v) is 4.67. The Morgan fingerprint density at radius 1 is 0.842 bits per heavy atom. The Hall–Kier alpha value is -1.80. The normalized spacial score (nSPS) is 10.4. The van der Waals surface area contributed by atoms with Crippen LogP contribution in [0.15, 0.2) is 48.5 Å². The van der Waals surface area contributed by atoms with Crippen LogP contribution in [0.1, 0.15) is 24.5 Å². The highest BCUT2D eigenvalue weighted by Crippen LogP contribution is 2.22. The Morgan fingerprint density at radius 3 is 1.84 bits per heavy atom. The molecule has 0 fully saturated rings. The number of nitrogens with one attached hydrogen (secondary N) is 1. The molecule has 100 valence electrons. The van der Waals surface area contributed by atoms with Gasteiger partial charge in [0, 0.05) is 6.54 Å². The van der Waals surface area contributed by atoms with Crippen LogP contribution in [-0.2, 0) is 13.0 Å². The Labute approximate surface area is 115 Å². The molecule has 0 atom stereocenters. The summed E-state index contributed by atoms with van der Waals surface area (Å²) in [6.07, 6.45) is 2.30. The second-order valence-electron chi connectivity index (χ2n) is 4.67. The number of rotatable bonds is 6. The van der Waals surface area contributed by atoms with Crippen molar-refractivity contribution >= 4 is 0 Å². The van der Waals surface area contributed by atoms with Crippen molar-refractivity contribution in [2.45, 2.75) is 26.3 Å². The highest BCUT2D eigenvalue weighted by atomic mass is 16.5. The van der Waals surface area contributed by atoms with Gasteiger partial charge < -0.3 is 10.1 Å². The summed E-state index contributed by atoms with van der Waals surface area (Å²) >= 11 is 0. The standard InChI is InChI=1S/C17H21NO/c1-3-4-14-5-9-16(10-6-14)19-17-11-7-15(8-12-17)13-18-2/h5-12,18H,3-4,13H2,1-2H3. The molecule has 0 aliphatic rings. The fourth-order valence-electron chi connectivity index (χ4n) is 2.03.